The van der Waals surface area contributed by atoms with Gasteiger partial charge in [0.25, 0.3) is 0 Å². The molecule has 0 aromatic heterocycles. The van der Waals surface area contributed by atoms with E-state index in [0.29, 0.717) is 13.0 Å². The molecule has 4 nitrogen and oxygen atoms in total. The normalized spacial score (nSPS) is 41.2. The van der Waals surface area contributed by atoms with Gasteiger partial charge < -0.3 is 33.1 Å². The monoisotopic (exact) mass is 364 g/mol. The van der Waals surface area contributed by atoms with Crippen LogP contribution >= 0.6 is 0 Å². The number of phenolic OH excluding ortho intramolecular Hbond substituents is 2. The minimum absolute atomic E-state index is 0. The lowest BCUT2D eigenvalue weighted by Crippen LogP contribution is -3.00. The molecule has 2 unspecified atom stereocenters. The first kappa shape index (κ1) is 17.4. The first-order valence-electron chi connectivity index (χ1n) is 9.47. The molecule has 0 spiro atoms. The van der Waals surface area contributed by atoms with Gasteiger partial charge in [0, 0.05) is 18.5 Å². The highest BCUT2D eigenvalue weighted by Crippen LogP contribution is 2.63. The Balaban J connectivity index is 0.00000157. The zero-order valence-corrected chi connectivity index (χ0v) is 15.2. The molecule has 138 valence electrons. The van der Waals surface area contributed by atoms with E-state index in [9.17, 15) is 10.2 Å². The van der Waals surface area contributed by atoms with Crippen molar-refractivity contribution in [1.82, 2.24) is 0 Å². The number of hydrogen-bond acceptors (Lipinski definition) is 4. The van der Waals surface area contributed by atoms with Gasteiger partial charge >= 0.3 is 0 Å². The van der Waals surface area contributed by atoms with Gasteiger partial charge in [0.2, 0.25) is 0 Å². The Morgan fingerprint density at radius 3 is 2.20 bits per heavy atom. The Labute approximate surface area is 155 Å². The lowest BCUT2D eigenvalue weighted by atomic mass is 9.47. The van der Waals surface area contributed by atoms with Crippen molar-refractivity contribution < 1.29 is 27.4 Å². The molecule has 0 saturated heterocycles. The molecule has 1 aromatic carbocycles. The number of aromatic hydroxyl groups is 2. The molecule has 6 rings (SSSR count). The van der Waals surface area contributed by atoms with Gasteiger partial charge in [-0.25, -0.2) is 0 Å². The van der Waals surface area contributed by atoms with Crippen LogP contribution in [0.25, 0.3) is 0 Å². The Bertz CT molecular complexity index is 642. The predicted molar refractivity (Wildman–Crippen MR) is 90.7 cm³/mol. The lowest BCUT2D eigenvalue weighted by molar-refractivity contribution is -0.165. The third-order valence-electron chi connectivity index (χ3n) is 7.35. The second kappa shape index (κ2) is 6.04. The van der Waals surface area contributed by atoms with E-state index >= 15 is 0 Å². The summed E-state index contributed by atoms with van der Waals surface area (Å²) in [6.45, 7) is 0.417. The van der Waals surface area contributed by atoms with Gasteiger partial charge in [0.1, 0.15) is 0 Å². The van der Waals surface area contributed by atoms with E-state index in [1.165, 1.54) is 38.5 Å². The van der Waals surface area contributed by atoms with E-state index in [-0.39, 0.29) is 41.5 Å². The topological polar surface area (TPSA) is 75.7 Å². The second-order valence-corrected chi connectivity index (χ2v) is 8.83. The maximum atomic E-state index is 10.4. The van der Waals surface area contributed by atoms with Gasteiger partial charge in [-0.05, 0) is 73.3 Å². The summed E-state index contributed by atoms with van der Waals surface area (Å²) in [7, 11) is 0. The molecule has 4 N–H and O–H groups in total. The van der Waals surface area contributed by atoms with Crippen molar-refractivity contribution in [2.24, 2.45) is 28.9 Å². The predicted octanol–water partition coefficient (Wildman–Crippen LogP) is 0.259. The summed E-state index contributed by atoms with van der Waals surface area (Å²) in [6.07, 6.45) is 8.72. The summed E-state index contributed by atoms with van der Waals surface area (Å²) in [5.74, 6) is 2.61. The third kappa shape index (κ3) is 2.56. The zero-order valence-electron chi connectivity index (χ0n) is 14.5. The summed E-state index contributed by atoms with van der Waals surface area (Å²) in [6, 6.07) is 3.41. The quantitative estimate of drug-likeness (QED) is 0.658. The molecule has 4 aliphatic carbocycles. The second-order valence-electron chi connectivity index (χ2n) is 8.83. The molecule has 0 amide bonds. The highest BCUT2D eigenvalue weighted by molar-refractivity contribution is 5.51. The minimum atomic E-state index is -0.168. The molecule has 1 aromatic rings. The number of halogens is 1. The molecule has 2 atom stereocenters. The van der Waals surface area contributed by atoms with Gasteiger partial charge in [-0.3, -0.25) is 0 Å². The van der Waals surface area contributed by atoms with Crippen LogP contribution in [0.2, 0.25) is 0 Å². The average molecular weight is 365 g/mol. The first-order valence-corrected chi connectivity index (χ1v) is 9.47. The smallest absolute Gasteiger partial charge is 0.161 e. The summed E-state index contributed by atoms with van der Waals surface area (Å²) in [5, 5.41) is 20.3. The summed E-state index contributed by atoms with van der Waals surface area (Å²) < 4.78 is 6.52. The number of fused-ring (bicyclic) bond motifs is 1. The van der Waals surface area contributed by atoms with Crippen molar-refractivity contribution in [2.45, 2.75) is 57.2 Å². The largest absolute Gasteiger partial charge is 1.00 e. The number of rotatable bonds is 2. The Morgan fingerprint density at radius 2 is 1.64 bits per heavy atom. The molecule has 4 bridgehead atoms. The molecule has 1 aliphatic heterocycles. The van der Waals surface area contributed by atoms with E-state index in [1.807, 2.05) is 6.07 Å². The molecule has 4 saturated carbocycles. The van der Waals surface area contributed by atoms with Gasteiger partial charge in [0.05, 0.1) is 12.2 Å². The number of nitrogens with two attached hydrogens (primary N) is 1. The first-order chi connectivity index (χ1) is 11.6. The summed E-state index contributed by atoms with van der Waals surface area (Å²) >= 11 is 0. The van der Waals surface area contributed by atoms with E-state index in [1.54, 1.807) is 6.07 Å². The van der Waals surface area contributed by atoms with Crippen LogP contribution in [-0.2, 0) is 11.2 Å². The summed E-state index contributed by atoms with van der Waals surface area (Å²) in [4.78, 5) is 0. The van der Waals surface area contributed by atoms with E-state index in [4.69, 9.17) is 10.5 Å². The Kier molecular flexibility index (Phi) is 4.21. The maximum Gasteiger partial charge on any atom is 0.161 e. The molecular formula is C20H27ClNO3-. The number of phenols is 2. The summed E-state index contributed by atoms with van der Waals surface area (Å²) in [5.41, 5.74) is 8.06. The van der Waals surface area contributed by atoms with Crippen LogP contribution in [0.15, 0.2) is 12.1 Å². The fourth-order valence-corrected chi connectivity index (χ4v) is 6.78. The highest BCUT2D eigenvalue weighted by Gasteiger charge is 2.55. The molecule has 1 heterocycles. The molecular weight excluding hydrogens is 338 g/mol. The van der Waals surface area contributed by atoms with Gasteiger partial charge in [-0.15, -0.1) is 0 Å². The van der Waals surface area contributed by atoms with E-state index in [2.05, 4.69) is 0 Å². The van der Waals surface area contributed by atoms with Gasteiger partial charge in [0.15, 0.2) is 11.5 Å². The van der Waals surface area contributed by atoms with Crippen LogP contribution in [0.1, 0.15) is 55.8 Å². The van der Waals surface area contributed by atoms with Crippen molar-refractivity contribution in [3.63, 3.8) is 0 Å². The molecule has 5 aliphatic rings. The van der Waals surface area contributed by atoms with E-state index in [0.717, 1.165) is 28.9 Å². The number of benzene rings is 1. The van der Waals surface area contributed by atoms with Crippen LogP contribution in [-0.4, -0.2) is 22.9 Å². The van der Waals surface area contributed by atoms with Crippen molar-refractivity contribution in [3.8, 4) is 11.5 Å². The Hall–Kier alpha value is -0.970. The van der Waals surface area contributed by atoms with Crippen molar-refractivity contribution in [3.05, 3.63) is 23.3 Å². The third-order valence-corrected chi connectivity index (χ3v) is 7.35. The zero-order chi connectivity index (χ0) is 16.5. The van der Waals surface area contributed by atoms with Crippen LogP contribution in [0.5, 0.6) is 11.5 Å². The SMILES string of the molecule is NCC1OC(C23CC4CC(CC(C4)C2)C3)Cc2c1ccc(O)c2O.[Cl-]. The molecule has 4 fully saturated rings. The van der Waals surface area contributed by atoms with Crippen LogP contribution in [0.3, 0.4) is 0 Å². The standard InChI is InChI=1S/C20H27NO3.ClH/c21-10-17-14-1-2-16(22)19(23)15(14)6-18(24-17)20-7-11-3-12(8-20)5-13(4-11)9-20;/h1-2,11-13,17-18,22-23H,3-10,21H2;1H/p-1. The van der Waals surface area contributed by atoms with Crippen molar-refractivity contribution in [1.29, 1.82) is 0 Å². The van der Waals surface area contributed by atoms with E-state index < -0.39 is 0 Å². The van der Waals surface area contributed by atoms with Crippen molar-refractivity contribution in [2.75, 3.05) is 6.54 Å². The van der Waals surface area contributed by atoms with Gasteiger partial charge in [-0.2, -0.15) is 0 Å². The lowest BCUT2D eigenvalue weighted by Gasteiger charge is -2.60. The van der Waals surface area contributed by atoms with Crippen LogP contribution in [0, 0.1) is 23.2 Å². The minimum Gasteiger partial charge on any atom is -1.00 e. The average Bonchev–Trinajstić information content (AvgIpc) is 2.56. The van der Waals surface area contributed by atoms with Gasteiger partial charge in [-0.1, -0.05) is 6.07 Å². The molecule has 0 radical (unpaired) electrons. The highest BCUT2D eigenvalue weighted by atomic mass is 35.5. The van der Waals surface area contributed by atoms with Crippen LogP contribution in [0.4, 0.5) is 0 Å². The fourth-order valence-electron chi connectivity index (χ4n) is 6.78. The maximum absolute atomic E-state index is 10.4. The van der Waals surface area contributed by atoms with Crippen LogP contribution < -0.4 is 18.1 Å². The molecule has 5 heteroatoms. The number of hydrogen-bond donors (Lipinski definition) is 3. The molecule has 25 heavy (non-hydrogen) atoms. The Morgan fingerprint density at radius 1 is 1.04 bits per heavy atom. The van der Waals surface area contributed by atoms with Crippen molar-refractivity contribution >= 4 is 0 Å². The number of ether oxygens (including phenoxy) is 1. The fraction of sp³-hybridized carbons (Fsp3) is 0.700.